The SMILES string of the molecule is O=c1c2cnn(-c3cccc(Br)c3)c2nc2n1CCc1c-2[nH]c2ccccc12. The molecule has 0 aliphatic carbocycles. The van der Waals surface area contributed by atoms with Crippen LogP contribution < -0.4 is 5.56 Å². The van der Waals surface area contributed by atoms with E-state index in [1.54, 1.807) is 15.4 Å². The van der Waals surface area contributed by atoms with Gasteiger partial charge in [-0.15, -0.1) is 0 Å². The molecule has 1 aliphatic rings. The highest BCUT2D eigenvalue weighted by Crippen LogP contribution is 2.33. The van der Waals surface area contributed by atoms with Crippen LogP contribution in [0.3, 0.4) is 0 Å². The quantitative estimate of drug-likeness (QED) is 0.435. The molecule has 7 heteroatoms. The Balaban J connectivity index is 1.67. The zero-order chi connectivity index (χ0) is 18.8. The first kappa shape index (κ1) is 15.8. The predicted octanol–water partition coefficient (Wildman–Crippen LogP) is 4.05. The maximum absolute atomic E-state index is 13.2. The molecule has 0 bridgehead atoms. The topological polar surface area (TPSA) is 68.5 Å². The van der Waals surface area contributed by atoms with Crippen LogP contribution in [0.5, 0.6) is 0 Å². The van der Waals surface area contributed by atoms with Crippen LogP contribution in [-0.4, -0.2) is 24.3 Å². The van der Waals surface area contributed by atoms with Crippen molar-refractivity contribution in [1.82, 2.24) is 24.3 Å². The summed E-state index contributed by atoms with van der Waals surface area (Å²) in [5.74, 6) is 0.673. The van der Waals surface area contributed by atoms with E-state index < -0.39 is 0 Å². The molecule has 5 aromatic rings. The molecule has 3 aromatic heterocycles. The van der Waals surface area contributed by atoms with Crippen molar-refractivity contribution in [3.05, 3.63) is 75.1 Å². The van der Waals surface area contributed by atoms with Gasteiger partial charge in [0.2, 0.25) is 0 Å². The number of para-hydroxylation sites is 1. The van der Waals surface area contributed by atoms with Gasteiger partial charge in [0, 0.05) is 21.9 Å². The summed E-state index contributed by atoms with van der Waals surface area (Å²) >= 11 is 3.49. The molecule has 0 fully saturated rings. The number of aryl methyl sites for hydroxylation is 1. The summed E-state index contributed by atoms with van der Waals surface area (Å²) < 4.78 is 4.42. The summed E-state index contributed by atoms with van der Waals surface area (Å²) in [5, 5.41) is 6.17. The second-order valence-corrected chi connectivity index (χ2v) is 7.86. The fourth-order valence-electron chi connectivity index (χ4n) is 4.07. The van der Waals surface area contributed by atoms with Gasteiger partial charge in [-0.2, -0.15) is 5.10 Å². The molecule has 6 rings (SSSR count). The summed E-state index contributed by atoms with van der Waals surface area (Å²) in [6, 6.07) is 16.0. The van der Waals surface area contributed by atoms with Crippen LogP contribution >= 0.6 is 15.9 Å². The summed E-state index contributed by atoms with van der Waals surface area (Å²) in [5.41, 5.74) is 4.58. The Morgan fingerprint density at radius 2 is 1.96 bits per heavy atom. The summed E-state index contributed by atoms with van der Waals surface area (Å²) in [6.07, 6.45) is 2.42. The highest BCUT2D eigenvalue weighted by Gasteiger charge is 2.25. The van der Waals surface area contributed by atoms with E-state index in [2.05, 4.69) is 38.1 Å². The average Bonchev–Trinajstić information content (AvgIpc) is 3.30. The molecule has 136 valence electrons. The van der Waals surface area contributed by atoms with E-state index in [-0.39, 0.29) is 5.56 Å². The Bertz CT molecular complexity index is 1460. The van der Waals surface area contributed by atoms with Gasteiger partial charge in [-0.1, -0.05) is 40.2 Å². The zero-order valence-corrected chi connectivity index (χ0v) is 16.3. The minimum Gasteiger partial charge on any atom is -0.352 e. The van der Waals surface area contributed by atoms with E-state index in [4.69, 9.17) is 4.98 Å². The molecule has 4 heterocycles. The molecule has 0 radical (unpaired) electrons. The second-order valence-electron chi connectivity index (χ2n) is 6.94. The van der Waals surface area contributed by atoms with Crippen molar-refractivity contribution in [1.29, 1.82) is 0 Å². The molecular formula is C21H14BrN5O. The van der Waals surface area contributed by atoms with Crippen LogP contribution in [0, 0.1) is 0 Å². The number of rotatable bonds is 1. The minimum absolute atomic E-state index is 0.0504. The first-order valence-corrected chi connectivity index (χ1v) is 9.84. The fraction of sp³-hybridized carbons (Fsp3) is 0.0952. The van der Waals surface area contributed by atoms with E-state index >= 15 is 0 Å². The normalized spacial score (nSPS) is 13.0. The van der Waals surface area contributed by atoms with Crippen LogP contribution in [-0.2, 0) is 13.0 Å². The van der Waals surface area contributed by atoms with Gasteiger partial charge in [0.25, 0.3) is 5.56 Å². The lowest BCUT2D eigenvalue weighted by Gasteiger charge is -2.18. The fourth-order valence-corrected chi connectivity index (χ4v) is 4.46. The van der Waals surface area contributed by atoms with Crippen LogP contribution in [0.25, 0.3) is 39.1 Å². The predicted molar refractivity (Wildman–Crippen MR) is 112 cm³/mol. The number of hydrogen-bond donors (Lipinski definition) is 1. The number of halogens is 1. The third-order valence-electron chi connectivity index (χ3n) is 5.36. The highest BCUT2D eigenvalue weighted by molar-refractivity contribution is 9.10. The lowest BCUT2D eigenvalue weighted by molar-refractivity contribution is 0.652. The number of nitrogens with one attached hydrogen (secondary N) is 1. The van der Waals surface area contributed by atoms with Crippen LogP contribution in [0.2, 0.25) is 0 Å². The molecule has 2 aromatic carbocycles. The van der Waals surface area contributed by atoms with Crippen molar-refractivity contribution >= 4 is 37.9 Å². The van der Waals surface area contributed by atoms with Gasteiger partial charge in [0.1, 0.15) is 5.39 Å². The van der Waals surface area contributed by atoms with E-state index in [1.165, 1.54) is 10.9 Å². The van der Waals surface area contributed by atoms with Gasteiger partial charge >= 0.3 is 0 Å². The van der Waals surface area contributed by atoms with Crippen LogP contribution in [0.1, 0.15) is 5.56 Å². The Kier molecular flexibility index (Phi) is 3.20. The number of aromatic amines is 1. The maximum Gasteiger partial charge on any atom is 0.264 e. The molecule has 1 aliphatic heterocycles. The van der Waals surface area contributed by atoms with Crippen molar-refractivity contribution in [3.8, 4) is 17.2 Å². The molecule has 0 atom stereocenters. The van der Waals surface area contributed by atoms with E-state index in [0.717, 1.165) is 27.8 Å². The summed E-state index contributed by atoms with van der Waals surface area (Å²) in [4.78, 5) is 21.5. The number of benzene rings is 2. The second kappa shape index (κ2) is 5.65. The first-order chi connectivity index (χ1) is 13.7. The van der Waals surface area contributed by atoms with Crippen LogP contribution in [0.15, 0.2) is 64.0 Å². The van der Waals surface area contributed by atoms with Crippen molar-refractivity contribution < 1.29 is 0 Å². The molecule has 1 N–H and O–H groups in total. The zero-order valence-electron chi connectivity index (χ0n) is 14.7. The smallest absolute Gasteiger partial charge is 0.264 e. The number of aromatic nitrogens is 5. The van der Waals surface area contributed by atoms with Gasteiger partial charge < -0.3 is 4.98 Å². The average molecular weight is 432 g/mol. The van der Waals surface area contributed by atoms with Crippen molar-refractivity contribution in [2.45, 2.75) is 13.0 Å². The lowest BCUT2D eigenvalue weighted by atomic mass is 10.0. The van der Waals surface area contributed by atoms with E-state index in [1.807, 2.05) is 36.4 Å². The highest BCUT2D eigenvalue weighted by atomic mass is 79.9. The number of nitrogens with zero attached hydrogens (tertiary/aromatic N) is 4. The molecule has 0 spiro atoms. The van der Waals surface area contributed by atoms with Gasteiger partial charge in [0.05, 0.1) is 17.6 Å². The summed E-state index contributed by atoms with van der Waals surface area (Å²) in [7, 11) is 0. The molecular weight excluding hydrogens is 418 g/mol. The lowest BCUT2D eigenvalue weighted by Crippen LogP contribution is -2.27. The minimum atomic E-state index is -0.0504. The van der Waals surface area contributed by atoms with E-state index in [0.29, 0.717) is 23.4 Å². The van der Waals surface area contributed by atoms with Gasteiger partial charge in [-0.3, -0.25) is 9.36 Å². The van der Waals surface area contributed by atoms with Gasteiger partial charge in [0.15, 0.2) is 11.5 Å². The molecule has 0 unspecified atom stereocenters. The maximum atomic E-state index is 13.2. The third kappa shape index (κ3) is 2.10. The molecule has 6 nitrogen and oxygen atoms in total. The molecule has 0 amide bonds. The Labute approximate surface area is 167 Å². The Hall–Kier alpha value is -3.19. The van der Waals surface area contributed by atoms with Crippen LogP contribution in [0.4, 0.5) is 0 Å². The molecule has 0 saturated carbocycles. The van der Waals surface area contributed by atoms with Gasteiger partial charge in [-0.25, -0.2) is 9.67 Å². The largest absolute Gasteiger partial charge is 0.352 e. The molecule has 0 saturated heterocycles. The number of hydrogen-bond acceptors (Lipinski definition) is 3. The van der Waals surface area contributed by atoms with Crippen molar-refractivity contribution in [3.63, 3.8) is 0 Å². The first-order valence-electron chi connectivity index (χ1n) is 9.05. The monoisotopic (exact) mass is 431 g/mol. The van der Waals surface area contributed by atoms with Gasteiger partial charge in [-0.05, 0) is 36.2 Å². The van der Waals surface area contributed by atoms with E-state index in [9.17, 15) is 4.79 Å². The third-order valence-corrected chi connectivity index (χ3v) is 5.86. The van der Waals surface area contributed by atoms with Crippen molar-refractivity contribution in [2.24, 2.45) is 0 Å². The summed E-state index contributed by atoms with van der Waals surface area (Å²) in [6.45, 7) is 0.619. The van der Waals surface area contributed by atoms with Crippen molar-refractivity contribution in [2.75, 3.05) is 0 Å². The Morgan fingerprint density at radius 3 is 2.86 bits per heavy atom. The standard InChI is InChI=1S/C21H14BrN5O/c22-12-4-3-5-13(10-12)27-19-16(11-23-27)21(28)26-9-8-15-14-6-1-2-7-17(14)24-18(15)20(26)25-19/h1-7,10-11,24H,8-9H2. The Morgan fingerprint density at radius 1 is 1.07 bits per heavy atom. The number of H-pyrrole nitrogens is 1. The number of fused-ring (bicyclic) bond motifs is 6. The molecule has 28 heavy (non-hydrogen) atoms.